The van der Waals surface area contributed by atoms with E-state index in [2.05, 4.69) is 31.8 Å². The van der Waals surface area contributed by atoms with Crippen molar-refractivity contribution in [3.8, 4) is 33.8 Å². The number of nitrogens with zero attached hydrogens (tertiary/aromatic N) is 4. The number of imidazole rings is 2. The highest BCUT2D eigenvalue weighted by molar-refractivity contribution is 6.30. The molecule has 0 atom stereocenters. The Hall–Kier alpha value is -3.51. The molecule has 158 valence electrons. The van der Waals surface area contributed by atoms with Crippen LogP contribution in [0.15, 0.2) is 61.2 Å². The van der Waals surface area contributed by atoms with Gasteiger partial charge in [-0.25, -0.2) is 14.4 Å². The number of hydrogen-bond acceptors (Lipinski definition) is 3. The molecular weight excluding hydrogens is 425 g/mol. The molecule has 0 fully saturated rings. The number of nitrogens with one attached hydrogen (secondary N) is 1. The van der Waals surface area contributed by atoms with Crippen molar-refractivity contribution in [3.05, 3.63) is 77.8 Å². The van der Waals surface area contributed by atoms with Crippen molar-refractivity contribution in [2.45, 2.75) is 25.8 Å². The Bertz CT molecular complexity index is 1450. The largest absolute Gasteiger partial charge is 0.344 e. The van der Waals surface area contributed by atoms with Gasteiger partial charge < -0.3 is 9.55 Å². The highest BCUT2D eigenvalue weighted by atomic mass is 35.5. The van der Waals surface area contributed by atoms with Crippen LogP contribution >= 0.6 is 11.6 Å². The number of aryl methyl sites for hydroxylation is 2. The van der Waals surface area contributed by atoms with Crippen molar-refractivity contribution in [2.75, 3.05) is 0 Å². The minimum absolute atomic E-state index is 0.353. The van der Waals surface area contributed by atoms with Crippen molar-refractivity contribution in [1.82, 2.24) is 24.5 Å². The van der Waals surface area contributed by atoms with Gasteiger partial charge in [0, 0.05) is 52.5 Å². The molecule has 0 spiro atoms. The Morgan fingerprint density at radius 1 is 1.00 bits per heavy atom. The number of fused-ring (bicyclic) bond motifs is 2. The predicted octanol–water partition coefficient (Wildman–Crippen LogP) is 6.28. The average Bonchev–Trinajstić information content (AvgIpc) is 3.47. The van der Waals surface area contributed by atoms with Gasteiger partial charge in [0.2, 0.25) is 0 Å². The summed E-state index contributed by atoms with van der Waals surface area (Å²) >= 11 is 6.11. The SMILES string of the molecule is Fc1ccc(Cl)cc1-c1[nH]cnc1-c1ccc2ncc(-c3cn4c(n3)CCCC4)cc2c1. The topological polar surface area (TPSA) is 59.4 Å². The molecule has 0 saturated heterocycles. The maximum absolute atomic E-state index is 14.5. The molecule has 0 bridgehead atoms. The Morgan fingerprint density at radius 2 is 1.91 bits per heavy atom. The summed E-state index contributed by atoms with van der Waals surface area (Å²) < 4.78 is 16.7. The number of pyridine rings is 1. The van der Waals surface area contributed by atoms with E-state index in [9.17, 15) is 4.39 Å². The van der Waals surface area contributed by atoms with E-state index in [-0.39, 0.29) is 5.82 Å². The van der Waals surface area contributed by atoms with Gasteiger partial charge in [-0.2, -0.15) is 0 Å². The molecule has 5 nitrogen and oxygen atoms in total. The Morgan fingerprint density at radius 3 is 2.81 bits per heavy atom. The molecule has 0 radical (unpaired) electrons. The molecule has 32 heavy (non-hydrogen) atoms. The predicted molar refractivity (Wildman–Crippen MR) is 124 cm³/mol. The molecule has 5 aromatic rings. The fourth-order valence-corrected chi connectivity index (χ4v) is 4.55. The first-order valence-corrected chi connectivity index (χ1v) is 11.0. The third kappa shape index (κ3) is 3.28. The van der Waals surface area contributed by atoms with Gasteiger partial charge in [0.25, 0.3) is 0 Å². The maximum atomic E-state index is 14.5. The van der Waals surface area contributed by atoms with Gasteiger partial charge in [0.1, 0.15) is 11.6 Å². The first-order chi connectivity index (χ1) is 15.7. The van der Waals surface area contributed by atoms with Crippen LogP contribution < -0.4 is 0 Å². The Labute approximate surface area is 188 Å². The summed E-state index contributed by atoms with van der Waals surface area (Å²) in [7, 11) is 0. The van der Waals surface area contributed by atoms with Crippen molar-refractivity contribution in [1.29, 1.82) is 0 Å². The molecule has 1 N–H and O–H groups in total. The first kappa shape index (κ1) is 19.2. The maximum Gasteiger partial charge on any atom is 0.132 e. The lowest BCUT2D eigenvalue weighted by atomic mass is 10.0. The van der Waals surface area contributed by atoms with Crippen LogP contribution in [-0.4, -0.2) is 24.5 Å². The van der Waals surface area contributed by atoms with Crippen LogP contribution in [0, 0.1) is 5.82 Å². The number of H-pyrrole nitrogens is 1. The van der Waals surface area contributed by atoms with Gasteiger partial charge in [0.05, 0.1) is 28.9 Å². The van der Waals surface area contributed by atoms with E-state index in [1.165, 1.54) is 25.0 Å². The van der Waals surface area contributed by atoms with Crippen LogP contribution in [-0.2, 0) is 13.0 Å². The number of benzene rings is 2. The standard InChI is InChI=1S/C25H19ClFN5/c26-18-5-6-20(27)19(11-18)25-24(29-14-30-25)15-4-7-21-16(9-15)10-17(12-28-21)22-13-32-8-2-1-3-23(32)31-22/h4-7,9-14H,1-3,8H2,(H,29,30). The van der Waals surface area contributed by atoms with E-state index >= 15 is 0 Å². The highest BCUT2D eigenvalue weighted by Crippen LogP contribution is 2.34. The number of halogens is 2. The molecule has 0 aliphatic carbocycles. The van der Waals surface area contributed by atoms with Crippen LogP contribution in [0.5, 0.6) is 0 Å². The average molecular weight is 444 g/mol. The molecule has 7 heteroatoms. The van der Waals surface area contributed by atoms with E-state index in [0.29, 0.717) is 22.0 Å². The lowest BCUT2D eigenvalue weighted by molar-refractivity contribution is 0.522. The lowest BCUT2D eigenvalue weighted by Crippen LogP contribution is -2.08. The Kier molecular flexibility index (Phi) is 4.54. The zero-order valence-electron chi connectivity index (χ0n) is 17.1. The third-order valence-corrected chi connectivity index (χ3v) is 6.23. The van der Waals surface area contributed by atoms with Gasteiger partial charge in [-0.15, -0.1) is 0 Å². The second-order valence-electron chi connectivity index (χ2n) is 8.07. The zero-order valence-corrected chi connectivity index (χ0v) is 17.9. The van der Waals surface area contributed by atoms with Crippen LogP contribution in [0.25, 0.3) is 44.7 Å². The summed E-state index contributed by atoms with van der Waals surface area (Å²) in [6, 6.07) is 12.5. The van der Waals surface area contributed by atoms with E-state index in [1.807, 2.05) is 24.4 Å². The molecule has 0 unspecified atom stereocenters. The Balaban J connectivity index is 1.43. The van der Waals surface area contributed by atoms with Gasteiger partial charge in [-0.05, 0) is 49.2 Å². The normalized spacial score (nSPS) is 13.4. The van der Waals surface area contributed by atoms with E-state index in [4.69, 9.17) is 16.6 Å². The number of aromatic nitrogens is 5. The number of hydrogen-bond donors (Lipinski definition) is 1. The molecule has 0 saturated carbocycles. The summed E-state index contributed by atoms with van der Waals surface area (Å²) in [4.78, 5) is 17.0. The minimum atomic E-state index is -0.353. The van der Waals surface area contributed by atoms with Crippen LogP contribution in [0.3, 0.4) is 0 Å². The van der Waals surface area contributed by atoms with Gasteiger partial charge in [-0.1, -0.05) is 17.7 Å². The van der Waals surface area contributed by atoms with Crippen molar-refractivity contribution < 1.29 is 4.39 Å². The van der Waals surface area contributed by atoms with Crippen molar-refractivity contribution >= 4 is 22.5 Å². The van der Waals surface area contributed by atoms with Gasteiger partial charge in [-0.3, -0.25) is 4.98 Å². The molecule has 6 rings (SSSR count). The fraction of sp³-hybridized carbons (Fsp3) is 0.160. The summed E-state index contributed by atoms with van der Waals surface area (Å²) in [6.45, 7) is 1.02. The van der Waals surface area contributed by atoms with Crippen LogP contribution in [0.2, 0.25) is 5.02 Å². The number of rotatable bonds is 3. The quantitative estimate of drug-likeness (QED) is 0.356. The molecule has 1 aliphatic rings. The second kappa shape index (κ2) is 7.57. The highest BCUT2D eigenvalue weighted by Gasteiger charge is 2.17. The molecule has 0 amide bonds. The molecule has 2 aromatic carbocycles. The summed E-state index contributed by atoms with van der Waals surface area (Å²) in [5.41, 5.74) is 5.33. The summed E-state index contributed by atoms with van der Waals surface area (Å²) in [5.74, 6) is 0.790. The van der Waals surface area contributed by atoms with E-state index in [1.54, 1.807) is 12.4 Å². The molecule has 1 aliphatic heterocycles. The second-order valence-corrected chi connectivity index (χ2v) is 8.51. The van der Waals surface area contributed by atoms with Gasteiger partial charge in [0.15, 0.2) is 0 Å². The monoisotopic (exact) mass is 443 g/mol. The fourth-order valence-electron chi connectivity index (χ4n) is 4.38. The van der Waals surface area contributed by atoms with Crippen LogP contribution in [0.1, 0.15) is 18.7 Å². The van der Waals surface area contributed by atoms with Gasteiger partial charge >= 0.3 is 0 Å². The summed E-state index contributed by atoms with van der Waals surface area (Å²) in [6.07, 6.45) is 8.97. The van der Waals surface area contributed by atoms with Crippen LogP contribution in [0.4, 0.5) is 4.39 Å². The molecular formula is C25H19ClFN5. The third-order valence-electron chi connectivity index (χ3n) is 6.00. The zero-order chi connectivity index (χ0) is 21.7. The van der Waals surface area contributed by atoms with Crippen molar-refractivity contribution in [3.63, 3.8) is 0 Å². The first-order valence-electron chi connectivity index (χ1n) is 10.6. The summed E-state index contributed by atoms with van der Waals surface area (Å²) in [5, 5.41) is 1.45. The van der Waals surface area contributed by atoms with Crippen molar-refractivity contribution in [2.24, 2.45) is 0 Å². The smallest absolute Gasteiger partial charge is 0.132 e. The van der Waals surface area contributed by atoms with E-state index < -0.39 is 0 Å². The number of aromatic amines is 1. The molecule has 3 aromatic heterocycles. The molecule has 4 heterocycles. The lowest BCUT2D eigenvalue weighted by Gasteiger charge is -2.11. The minimum Gasteiger partial charge on any atom is -0.344 e. The van der Waals surface area contributed by atoms with E-state index in [0.717, 1.165) is 46.5 Å².